The molecule has 0 aromatic heterocycles. The summed E-state index contributed by atoms with van der Waals surface area (Å²) in [4.78, 5) is 11.4. The fourth-order valence-corrected chi connectivity index (χ4v) is 1.96. The van der Waals surface area contributed by atoms with E-state index in [1.54, 1.807) is 39.0 Å². The molecule has 0 bridgehead atoms. The average Bonchev–Trinajstić information content (AvgIpc) is 2.18. The number of aromatic hydroxyl groups is 1. The standard InChI is InChI=1S/C12H17NO4S/c1-12(2,3)17-11(15)8-18(16)13-9-6-4-5-7-10(9)14/h4-7,13-14H,8H2,1-3H3. The summed E-state index contributed by atoms with van der Waals surface area (Å²) in [6.07, 6.45) is 0. The van der Waals surface area contributed by atoms with E-state index in [1.165, 1.54) is 6.07 Å². The molecule has 2 N–H and O–H groups in total. The first-order valence-corrected chi connectivity index (χ1v) is 6.75. The fourth-order valence-electron chi connectivity index (χ4n) is 1.20. The van der Waals surface area contributed by atoms with Crippen molar-refractivity contribution < 1.29 is 18.8 Å². The van der Waals surface area contributed by atoms with Crippen LogP contribution in [-0.2, 0) is 20.5 Å². The summed E-state index contributed by atoms with van der Waals surface area (Å²) >= 11 is 0. The van der Waals surface area contributed by atoms with Crippen LogP contribution in [-0.4, -0.2) is 26.6 Å². The van der Waals surface area contributed by atoms with Gasteiger partial charge in [0.25, 0.3) is 0 Å². The number of benzene rings is 1. The number of carbonyl (C=O) groups is 1. The number of phenolic OH excluding ortho intramolecular Hbond substituents is 1. The van der Waals surface area contributed by atoms with Crippen LogP contribution in [0.5, 0.6) is 5.75 Å². The van der Waals surface area contributed by atoms with E-state index in [0.717, 1.165) is 0 Å². The zero-order chi connectivity index (χ0) is 13.8. The van der Waals surface area contributed by atoms with Gasteiger partial charge in [0.2, 0.25) is 0 Å². The topological polar surface area (TPSA) is 75.6 Å². The lowest BCUT2D eigenvalue weighted by atomic mass is 10.2. The number of carbonyl (C=O) groups excluding carboxylic acids is 1. The third kappa shape index (κ3) is 5.18. The maximum Gasteiger partial charge on any atom is 0.320 e. The normalized spacial score (nSPS) is 12.8. The Labute approximate surface area is 109 Å². The summed E-state index contributed by atoms with van der Waals surface area (Å²) < 4.78 is 19.2. The van der Waals surface area contributed by atoms with Gasteiger partial charge in [-0.25, -0.2) is 4.21 Å². The Morgan fingerprint density at radius 3 is 2.56 bits per heavy atom. The second kappa shape index (κ2) is 5.86. The lowest BCUT2D eigenvalue weighted by molar-refractivity contribution is -0.151. The number of nitrogens with one attached hydrogen (secondary N) is 1. The van der Waals surface area contributed by atoms with Crippen molar-refractivity contribution in [2.45, 2.75) is 26.4 Å². The van der Waals surface area contributed by atoms with Crippen molar-refractivity contribution in [1.82, 2.24) is 0 Å². The molecular weight excluding hydrogens is 254 g/mol. The van der Waals surface area contributed by atoms with Crippen LogP contribution in [0.15, 0.2) is 24.3 Å². The molecule has 0 fully saturated rings. The number of phenols is 1. The molecule has 1 aromatic rings. The molecule has 5 nitrogen and oxygen atoms in total. The Hall–Kier alpha value is -1.56. The van der Waals surface area contributed by atoms with Crippen molar-refractivity contribution in [1.29, 1.82) is 0 Å². The molecule has 100 valence electrons. The average molecular weight is 271 g/mol. The Morgan fingerprint density at radius 1 is 1.39 bits per heavy atom. The monoisotopic (exact) mass is 271 g/mol. The number of esters is 1. The van der Waals surface area contributed by atoms with E-state index in [9.17, 15) is 14.1 Å². The molecule has 1 rings (SSSR count). The highest BCUT2D eigenvalue weighted by molar-refractivity contribution is 7.87. The van der Waals surface area contributed by atoms with E-state index in [4.69, 9.17) is 4.74 Å². The van der Waals surface area contributed by atoms with Gasteiger partial charge in [-0.3, -0.25) is 4.79 Å². The van der Waals surface area contributed by atoms with Gasteiger partial charge >= 0.3 is 5.97 Å². The Morgan fingerprint density at radius 2 is 2.00 bits per heavy atom. The van der Waals surface area contributed by atoms with Crippen molar-refractivity contribution in [3.05, 3.63) is 24.3 Å². The van der Waals surface area contributed by atoms with Gasteiger partial charge in [0.1, 0.15) is 28.1 Å². The zero-order valence-electron chi connectivity index (χ0n) is 10.6. The summed E-state index contributed by atoms with van der Waals surface area (Å²) in [5.74, 6) is -0.843. The maximum absolute atomic E-state index is 11.6. The lowest BCUT2D eigenvalue weighted by Crippen LogP contribution is -2.28. The van der Waals surface area contributed by atoms with Crippen LogP contribution in [0.25, 0.3) is 0 Å². The van der Waals surface area contributed by atoms with Gasteiger partial charge in [-0.15, -0.1) is 0 Å². The number of hydrogen-bond acceptors (Lipinski definition) is 4. The highest BCUT2D eigenvalue weighted by Crippen LogP contribution is 2.21. The van der Waals surface area contributed by atoms with E-state index >= 15 is 0 Å². The molecule has 18 heavy (non-hydrogen) atoms. The van der Waals surface area contributed by atoms with E-state index in [1.807, 2.05) is 0 Å². The second-order valence-corrected chi connectivity index (χ2v) is 5.88. The summed E-state index contributed by atoms with van der Waals surface area (Å²) in [5.41, 5.74) is -0.282. The molecule has 0 saturated heterocycles. The third-order valence-electron chi connectivity index (χ3n) is 1.80. The maximum atomic E-state index is 11.6. The van der Waals surface area contributed by atoms with Crippen molar-refractivity contribution in [3.63, 3.8) is 0 Å². The minimum absolute atomic E-state index is 0.0185. The Bertz CT molecular complexity index is 454. The molecular formula is C12H17NO4S. The molecule has 1 atom stereocenters. The molecule has 0 radical (unpaired) electrons. The van der Waals surface area contributed by atoms with E-state index < -0.39 is 22.6 Å². The Balaban J connectivity index is 2.53. The van der Waals surface area contributed by atoms with Crippen LogP contribution in [0.1, 0.15) is 20.8 Å². The Kier molecular flexibility index (Phi) is 4.72. The smallest absolute Gasteiger partial charge is 0.320 e. The first-order valence-electron chi connectivity index (χ1n) is 5.43. The molecule has 0 saturated carbocycles. The number of para-hydroxylation sites is 2. The van der Waals surface area contributed by atoms with Gasteiger partial charge in [0, 0.05) is 0 Å². The molecule has 0 spiro atoms. The van der Waals surface area contributed by atoms with E-state index in [2.05, 4.69) is 4.72 Å². The highest BCUT2D eigenvalue weighted by Gasteiger charge is 2.18. The van der Waals surface area contributed by atoms with Crippen molar-refractivity contribution in [2.75, 3.05) is 10.5 Å². The van der Waals surface area contributed by atoms with Crippen LogP contribution in [0, 0.1) is 0 Å². The highest BCUT2D eigenvalue weighted by atomic mass is 32.2. The van der Waals surface area contributed by atoms with Gasteiger partial charge < -0.3 is 14.6 Å². The molecule has 1 aromatic carbocycles. The van der Waals surface area contributed by atoms with E-state index in [-0.39, 0.29) is 11.5 Å². The van der Waals surface area contributed by atoms with Crippen molar-refractivity contribution >= 4 is 22.6 Å². The largest absolute Gasteiger partial charge is 0.506 e. The van der Waals surface area contributed by atoms with Gasteiger partial charge in [0.15, 0.2) is 0 Å². The third-order valence-corrected chi connectivity index (χ3v) is 2.74. The first-order chi connectivity index (χ1) is 8.28. The van der Waals surface area contributed by atoms with Crippen LogP contribution in [0.2, 0.25) is 0 Å². The van der Waals surface area contributed by atoms with Gasteiger partial charge in [-0.1, -0.05) is 12.1 Å². The van der Waals surface area contributed by atoms with Crippen LogP contribution >= 0.6 is 0 Å². The molecule has 6 heteroatoms. The molecule has 0 heterocycles. The quantitative estimate of drug-likeness (QED) is 0.647. The van der Waals surface area contributed by atoms with Gasteiger partial charge in [0.05, 0.1) is 5.69 Å². The SMILES string of the molecule is CC(C)(C)OC(=O)CS(=O)Nc1ccccc1O. The summed E-state index contributed by atoms with van der Waals surface area (Å²) in [7, 11) is -1.63. The van der Waals surface area contributed by atoms with Crippen LogP contribution in [0.3, 0.4) is 0 Å². The molecule has 0 aliphatic rings. The van der Waals surface area contributed by atoms with Crippen molar-refractivity contribution in [2.24, 2.45) is 0 Å². The second-order valence-electron chi connectivity index (χ2n) is 4.70. The predicted molar refractivity (Wildman–Crippen MR) is 70.6 cm³/mol. The first kappa shape index (κ1) is 14.5. The summed E-state index contributed by atoms with van der Waals surface area (Å²) in [6.45, 7) is 5.22. The number of hydrogen-bond donors (Lipinski definition) is 2. The molecule has 0 aliphatic carbocycles. The summed E-state index contributed by atoms with van der Waals surface area (Å²) in [5, 5.41) is 9.47. The van der Waals surface area contributed by atoms with Crippen LogP contribution in [0.4, 0.5) is 5.69 Å². The number of ether oxygens (including phenoxy) is 1. The minimum Gasteiger partial charge on any atom is -0.506 e. The van der Waals surface area contributed by atoms with Gasteiger partial charge in [-0.2, -0.15) is 0 Å². The molecule has 1 unspecified atom stereocenters. The van der Waals surface area contributed by atoms with Crippen molar-refractivity contribution in [3.8, 4) is 5.75 Å². The summed E-state index contributed by atoms with van der Waals surface area (Å²) in [6, 6.07) is 6.37. The fraction of sp³-hybridized carbons (Fsp3) is 0.417. The van der Waals surface area contributed by atoms with Gasteiger partial charge in [-0.05, 0) is 32.9 Å². The molecule has 0 amide bonds. The molecule has 0 aliphatic heterocycles. The minimum atomic E-state index is -1.63. The van der Waals surface area contributed by atoms with E-state index in [0.29, 0.717) is 5.69 Å². The lowest BCUT2D eigenvalue weighted by Gasteiger charge is -2.19. The number of anilines is 1. The predicted octanol–water partition coefficient (Wildman–Crippen LogP) is 1.81. The number of rotatable bonds is 4. The van der Waals surface area contributed by atoms with Crippen LogP contribution < -0.4 is 4.72 Å². The zero-order valence-corrected chi connectivity index (χ0v) is 11.4.